The number of allylic oxidation sites excluding steroid dienone is 4. The third kappa shape index (κ3) is 1.82. The fraction of sp³-hybridized carbons (Fsp3) is 0.739. The van der Waals surface area contributed by atoms with Gasteiger partial charge in [-0.05, 0) is 86.7 Å². The predicted octanol–water partition coefficient (Wildman–Crippen LogP) is 5.03. The molecule has 0 radical (unpaired) electrons. The topological polar surface area (TPSA) is 34.1 Å². The molecule has 0 aromatic heterocycles. The first-order valence-corrected chi connectivity index (χ1v) is 10.4. The van der Waals surface area contributed by atoms with Crippen LogP contribution in [0.5, 0.6) is 0 Å². The molecule has 1 spiro atoms. The van der Waals surface area contributed by atoms with Gasteiger partial charge in [-0.15, -0.1) is 0 Å². The molecule has 6 unspecified atom stereocenters. The second-order valence-corrected chi connectivity index (χ2v) is 9.96. The highest BCUT2D eigenvalue weighted by Gasteiger charge is 2.66. The molecule has 4 saturated carbocycles. The molecule has 0 heterocycles. The molecule has 6 atom stereocenters. The Morgan fingerprint density at radius 2 is 1.76 bits per heavy atom. The summed E-state index contributed by atoms with van der Waals surface area (Å²) in [6.07, 6.45) is 16.1. The molecule has 134 valence electrons. The Bertz CT molecular complexity index is 716. The molecule has 0 amide bonds. The van der Waals surface area contributed by atoms with Crippen LogP contribution in [0.2, 0.25) is 0 Å². The normalized spacial score (nSPS) is 51.3. The fourth-order valence-electron chi connectivity index (χ4n) is 8.13. The van der Waals surface area contributed by atoms with Crippen molar-refractivity contribution in [3.63, 3.8) is 0 Å². The predicted molar refractivity (Wildman–Crippen MR) is 97.9 cm³/mol. The van der Waals surface area contributed by atoms with Gasteiger partial charge in [-0.1, -0.05) is 25.5 Å². The molecule has 0 bridgehead atoms. The summed E-state index contributed by atoms with van der Waals surface area (Å²) in [4.78, 5) is 24.7. The summed E-state index contributed by atoms with van der Waals surface area (Å²) in [7, 11) is 0. The first kappa shape index (κ1) is 16.0. The van der Waals surface area contributed by atoms with Crippen LogP contribution in [0.1, 0.15) is 71.6 Å². The summed E-state index contributed by atoms with van der Waals surface area (Å²) in [5, 5.41) is 0. The van der Waals surface area contributed by atoms with Crippen LogP contribution >= 0.6 is 0 Å². The van der Waals surface area contributed by atoms with Gasteiger partial charge in [0.25, 0.3) is 0 Å². The van der Waals surface area contributed by atoms with Gasteiger partial charge in [0.2, 0.25) is 0 Å². The van der Waals surface area contributed by atoms with Gasteiger partial charge >= 0.3 is 0 Å². The number of hydrogen-bond acceptors (Lipinski definition) is 2. The molecule has 0 saturated heterocycles. The molecular weight excluding hydrogens is 308 g/mol. The first-order chi connectivity index (χ1) is 11.9. The Balaban J connectivity index is 1.52. The van der Waals surface area contributed by atoms with Crippen LogP contribution in [0.15, 0.2) is 23.8 Å². The lowest BCUT2D eigenvalue weighted by atomic mass is 9.45. The van der Waals surface area contributed by atoms with Crippen molar-refractivity contribution in [2.75, 3.05) is 0 Å². The third-order valence-corrected chi connectivity index (χ3v) is 9.46. The molecule has 5 aliphatic rings. The van der Waals surface area contributed by atoms with Gasteiger partial charge in [-0.25, -0.2) is 0 Å². The maximum Gasteiger partial charge on any atom is 0.178 e. The molecule has 0 aliphatic heterocycles. The molecule has 0 N–H and O–H groups in total. The van der Waals surface area contributed by atoms with Crippen molar-refractivity contribution in [2.24, 2.45) is 34.0 Å². The number of carbonyl (C=O) groups is 2. The summed E-state index contributed by atoms with van der Waals surface area (Å²) in [6.45, 7) is 4.84. The van der Waals surface area contributed by atoms with Gasteiger partial charge in [0.1, 0.15) is 5.78 Å². The van der Waals surface area contributed by atoms with Crippen LogP contribution in [-0.4, -0.2) is 11.6 Å². The second kappa shape index (κ2) is 4.96. The summed E-state index contributed by atoms with van der Waals surface area (Å²) in [5.74, 6) is 2.84. The van der Waals surface area contributed by atoms with Crippen LogP contribution in [0.25, 0.3) is 0 Å². The second-order valence-electron chi connectivity index (χ2n) is 9.96. The lowest BCUT2D eigenvalue weighted by molar-refractivity contribution is -0.137. The van der Waals surface area contributed by atoms with Gasteiger partial charge in [-0.2, -0.15) is 0 Å². The number of Topliss-reactive ketones (excluding diaryl/α,β-unsaturated/α-hetero) is 1. The summed E-state index contributed by atoms with van der Waals surface area (Å²) < 4.78 is 0. The number of carbonyl (C=O) groups excluding carboxylic acids is 2. The number of fused-ring (bicyclic) bond motifs is 6. The minimum atomic E-state index is 0.0119. The highest BCUT2D eigenvalue weighted by molar-refractivity contribution is 6.01. The van der Waals surface area contributed by atoms with E-state index >= 15 is 0 Å². The van der Waals surface area contributed by atoms with Crippen LogP contribution in [0.3, 0.4) is 0 Å². The number of ketones is 2. The van der Waals surface area contributed by atoms with Crippen molar-refractivity contribution in [1.29, 1.82) is 0 Å². The quantitative estimate of drug-likeness (QED) is 0.620. The van der Waals surface area contributed by atoms with E-state index in [9.17, 15) is 9.59 Å². The molecular formula is C23H30O2. The summed E-state index contributed by atoms with van der Waals surface area (Å²) in [5.41, 5.74) is 1.69. The molecule has 0 aromatic rings. The SMILES string of the molecule is CC12C=CC(=O)C=C1CCC1C2CCC2(C)C1CCC21CCCC1=O. The number of hydrogen-bond donors (Lipinski definition) is 0. The van der Waals surface area contributed by atoms with E-state index < -0.39 is 0 Å². The van der Waals surface area contributed by atoms with Gasteiger partial charge < -0.3 is 0 Å². The molecule has 2 nitrogen and oxygen atoms in total. The van der Waals surface area contributed by atoms with Crippen molar-refractivity contribution in [2.45, 2.75) is 71.6 Å². The minimum Gasteiger partial charge on any atom is -0.299 e. The molecule has 4 fully saturated rings. The van der Waals surface area contributed by atoms with Crippen LogP contribution in [0.4, 0.5) is 0 Å². The van der Waals surface area contributed by atoms with E-state index in [1.165, 1.54) is 31.3 Å². The van der Waals surface area contributed by atoms with E-state index in [1.807, 2.05) is 6.08 Å². The smallest absolute Gasteiger partial charge is 0.178 e. The molecule has 2 heteroatoms. The zero-order valence-corrected chi connectivity index (χ0v) is 15.6. The maximum atomic E-state index is 12.9. The Morgan fingerprint density at radius 3 is 2.52 bits per heavy atom. The van der Waals surface area contributed by atoms with Crippen molar-refractivity contribution < 1.29 is 9.59 Å². The highest BCUT2D eigenvalue weighted by atomic mass is 16.1. The summed E-state index contributed by atoms with van der Waals surface area (Å²) in [6, 6.07) is 0. The van der Waals surface area contributed by atoms with Crippen molar-refractivity contribution in [3.8, 4) is 0 Å². The molecule has 0 aromatic carbocycles. The van der Waals surface area contributed by atoms with Gasteiger partial charge in [0, 0.05) is 17.3 Å². The van der Waals surface area contributed by atoms with Crippen LogP contribution in [0, 0.1) is 34.0 Å². The maximum absolute atomic E-state index is 12.9. The molecule has 25 heavy (non-hydrogen) atoms. The van der Waals surface area contributed by atoms with E-state index in [1.54, 1.807) is 6.08 Å². The largest absolute Gasteiger partial charge is 0.299 e. The Kier molecular flexibility index (Phi) is 3.18. The van der Waals surface area contributed by atoms with Crippen LogP contribution < -0.4 is 0 Å². The van der Waals surface area contributed by atoms with E-state index in [-0.39, 0.29) is 22.0 Å². The fourth-order valence-corrected chi connectivity index (χ4v) is 8.13. The Labute approximate surface area is 151 Å². The average Bonchev–Trinajstić information content (AvgIpc) is 3.10. The lowest BCUT2D eigenvalue weighted by Crippen LogP contribution is -2.52. The van der Waals surface area contributed by atoms with E-state index in [2.05, 4.69) is 19.9 Å². The molecule has 5 rings (SSSR count). The number of rotatable bonds is 0. The monoisotopic (exact) mass is 338 g/mol. The summed E-state index contributed by atoms with van der Waals surface area (Å²) >= 11 is 0. The zero-order valence-electron chi connectivity index (χ0n) is 15.6. The standard InChI is InChI=1S/C23H30O2/c1-21-11-7-16(24)14-15(21)5-6-17-18(21)8-12-22(2)19(17)9-13-23(22)10-3-4-20(23)25/h7,11,14,17-19H,3-6,8-10,12-13H2,1-2H3. The van der Waals surface area contributed by atoms with Gasteiger partial charge in [0.15, 0.2) is 5.78 Å². The first-order valence-electron chi connectivity index (χ1n) is 10.4. The van der Waals surface area contributed by atoms with Gasteiger partial charge in [-0.3, -0.25) is 9.59 Å². The van der Waals surface area contributed by atoms with Crippen molar-refractivity contribution >= 4 is 11.6 Å². The van der Waals surface area contributed by atoms with E-state index in [4.69, 9.17) is 0 Å². The van der Waals surface area contributed by atoms with E-state index in [0.29, 0.717) is 17.6 Å². The Hall–Kier alpha value is -1.18. The molecule has 5 aliphatic carbocycles. The van der Waals surface area contributed by atoms with Crippen LogP contribution in [-0.2, 0) is 9.59 Å². The van der Waals surface area contributed by atoms with Crippen molar-refractivity contribution in [1.82, 2.24) is 0 Å². The lowest BCUT2D eigenvalue weighted by Gasteiger charge is -2.58. The van der Waals surface area contributed by atoms with E-state index in [0.717, 1.165) is 38.0 Å². The third-order valence-electron chi connectivity index (χ3n) is 9.46. The average molecular weight is 338 g/mol. The zero-order chi connectivity index (χ0) is 17.4. The van der Waals surface area contributed by atoms with Gasteiger partial charge in [0.05, 0.1) is 0 Å². The highest BCUT2D eigenvalue weighted by Crippen LogP contribution is 2.71. The minimum absolute atomic E-state index is 0.0119. The Morgan fingerprint density at radius 1 is 0.960 bits per heavy atom. The van der Waals surface area contributed by atoms with Crippen molar-refractivity contribution in [3.05, 3.63) is 23.8 Å².